The third-order valence-corrected chi connectivity index (χ3v) is 4.74. The Hall–Kier alpha value is -1.98. The highest BCUT2D eigenvalue weighted by atomic mass is 19.3. The standard InChI is InChI=1S/C20H25F3N2O/c1-19(21)10-5-8-16(13-19)12-17(26)18(24)25-14-20(22,23)11-9-15-6-3-2-4-7-15/h2-4,6-7,14,16,24H,5,8-13H2,1H3/b24-18?,25-14+. The van der Waals surface area contributed by atoms with Crippen LogP contribution in [0.25, 0.3) is 0 Å². The van der Waals surface area contributed by atoms with Crippen LogP contribution in [-0.2, 0) is 11.2 Å². The van der Waals surface area contributed by atoms with Gasteiger partial charge in [0.05, 0.1) is 6.21 Å². The highest BCUT2D eigenvalue weighted by Crippen LogP contribution is 2.36. The summed E-state index contributed by atoms with van der Waals surface area (Å²) in [5, 5.41) is 7.61. The number of aryl methyl sites for hydroxylation is 1. The molecule has 0 saturated heterocycles. The van der Waals surface area contributed by atoms with Gasteiger partial charge in [0.2, 0.25) is 0 Å². The molecule has 2 rings (SSSR count). The molecule has 3 nitrogen and oxygen atoms in total. The van der Waals surface area contributed by atoms with Gasteiger partial charge in [-0.3, -0.25) is 10.2 Å². The van der Waals surface area contributed by atoms with Crippen LogP contribution in [0.1, 0.15) is 51.0 Å². The molecule has 1 N–H and O–H groups in total. The SMILES string of the molecule is CC1(F)CCCC(CC(=O)C(=N)/N=C/C(F)(F)CCc2ccccc2)C1. The molecule has 2 atom stereocenters. The number of hydrogen-bond donors (Lipinski definition) is 1. The number of nitrogens with zero attached hydrogens (tertiary/aromatic N) is 1. The Morgan fingerprint density at radius 1 is 1.38 bits per heavy atom. The second kappa shape index (κ2) is 8.60. The quantitative estimate of drug-likeness (QED) is 0.525. The fourth-order valence-corrected chi connectivity index (χ4v) is 3.35. The lowest BCUT2D eigenvalue weighted by molar-refractivity contribution is -0.114. The molecule has 0 heterocycles. The first kappa shape index (κ1) is 20.3. The van der Waals surface area contributed by atoms with Crippen molar-refractivity contribution in [3.63, 3.8) is 0 Å². The number of benzene rings is 1. The summed E-state index contributed by atoms with van der Waals surface area (Å²) in [6.45, 7) is 1.51. The zero-order valence-electron chi connectivity index (χ0n) is 15.0. The van der Waals surface area contributed by atoms with Gasteiger partial charge in [-0.15, -0.1) is 0 Å². The number of carbonyl (C=O) groups is 1. The Labute approximate surface area is 152 Å². The number of aliphatic imine (C=N–C) groups is 1. The van der Waals surface area contributed by atoms with Crippen molar-refractivity contribution in [2.75, 3.05) is 0 Å². The molecular formula is C20H25F3N2O. The van der Waals surface area contributed by atoms with Crippen molar-refractivity contribution in [2.24, 2.45) is 10.9 Å². The third kappa shape index (κ3) is 6.73. The number of rotatable bonds is 7. The van der Waals surface area contributed by atoms with Gasteiger partial charge < -0.3 is 0 Å². The van der Waals surface area contributed by atoms with E-state index in [0.717, 1.165) is 12.0 Å². The van der Waals surface area contributed by atoms with Gasteiger partial charge in [-0.1, -0.05) is 30.3 Å². The van der Waals surface area contributed by atoms with Crippen LogP contribution < -0.4 is 0 Å². The summed E-state index contributed by atoms with van der Waals surface area (Å²) in [6, 6.07) is 8.91. The van der Waals surface area contributed by atoms with Crippen molar-refractivity contribution >= 4 is 17.8 Å². The van der Waals surface area contributed by atoms with Crippen LogP contribution in [-0.4, -0.2) is 29.4 Å². The number of alkyl halides is 3. The maximum absolute atomic E-state index is 14.0. The Bertz CT molecular complexity index is 656. The molecule has 1 aromatic rings. The van der Waals surface area contributed by atoms with E-state index in [1.165, 1.54) is 6.92 Å². The molecule has 6 heteroatoms. The van der Waals surface area contributed by atoms with Gasteiger partial charge >= 0.3 is 0 Å². The highest BCUT2D eigenvalue weighted by molar-refractivity contribution is 6.39. The lowest BCUT2D eigenvalue weighted by atomic mass is 9.78. The summed E-state index contributed by atoms with van der Waals surface area (Å²) in [6.07, 6.45) is 2.27. The molecule has 0 aliphatic heterocycles. The molecule has 1 aliphatic carbocycles. The van der Waals surface area contributed by atoms with Gasteiger partial charge in [-0.25, -0.2) is 18.2 Å². The van der Waals surface area contributed by atoms with Crippen LogP contribution in [0.3, 0.4) is 0 Å². The Morgan fingerprint density at radius 2 is 2.08 bits per heavy atom. The van der Waals surface area contributed by atoms with E-state index in [4.69, 9.17) is 5.41 Å². The fraction of sp³-hybridized carbons (Fsp3) is 0.550. The zero-order valence-corrected chi connectivity index (χ0v) is 15.0. The van der Waals surface area contributed by atoms with Gasteiger partial charge in [0, 0.05) is 12.8 Å². The van der Waals surface area contributed by atoms with Crippen LogP contribution in [0.4, 0.5) is 13.2 Å². The lowest BCUT2D eigenvalue weighted by Gasteiger charge is -2.31. The number of carbonyl (C=O) groups excluding carboxylic acids is 1. The van der Waals surface area contributed by atoms with Crippen LogP contribution in [0.5, 0.6) is 0 Å². The molecule has 0 bridgehead atoms. The summed E-state index contributed by atoms with van der Waals surface area (Å²) in [5.74, 6) is -4.64. The molecule has 1 saturated carbocycles. The Balaban J connectivity index is 1.83. The monoisotopic (exact) mass is 366 g/mol. The van der Waals surface area contributed by atoms with Gasteiger partial charge in [0.25, 0.3) is 5.92 Å². The van der Waals surface area contributed by atoms with E-state index < -0.39 is 29.6 Å². The predicted molar refractivity (Wildman–Crippen MR) is 97.0 cm³/mol. The molecular weight excluding hydrogens is 341 g/mol. The summed E-state index contributed by atoms with van der Waals surface area (Å²) in [7, 11) is 0. The molecule has 0 amide bonds. The van der Waals surface area contributed by atoms with Crippen molar-refractivity contribution in [1.82, 2.24) is 0 Å². The van der Waals surface area contributed by atoms with Gasteiger partial charge in [0.15, 0.2) is 11.6 Å². The number of nitrogens with one attached hydrogen (secondary N) is 1. The Morgan fingerprint density at radius 3 is 2.73 bits per heavy atom. The van der Waals surface area contributed by atoms with Crippen molar-refractivity contribution in [3.8, 4) is 0 Å². The van der Waals surface area contributed by atoms with Crippen LogP contribution in [0, 0.1) is 11.3 Å². The Kier molecular flexibility index (Phi) is 6.73. The number of Topliss-reactive ketones (excluding diaryl/α,β-unsaturated/α-hetero) is 1. The maximum Gasteiger partial charge on any atom is 0.283 e. The summed E-state index contributed by atoms with van der Waals surface area (Å²) >= 11 is 0. The molecule has 142 valence electrons. The maximum atomic E-state index is 14.0. The van der Waals surface area contributed by atoms with E-state index in [9.17, 15) is 18.0 Å². The first-order valence-corrected chi connectivity index (χ1v) is 8.94. The lowest BCUT2D eigenvalue weighted by Crippen LogP contribution is -2.29. The fourth-order valence-electron chi connectivity index (χ4n) is 3.35. The molecule has 26 heavy (non-hydrogen) atoms. The summed E-state index contributed by atoms with van der Waals surface area (Å²) in [5.41, 5.74) is -0.502. The van der Waals surface area contributed by atoms with E-state index in [-0.39, 0.29) is 25.2 Å². The van der Waals surface area contributed by atoms with E-state index in [1.807, 2.05) is 6.07 Å². The van der Waals surface area contributed by atoms with E-state index >= 15 is 0 Å². The topological polar surface area (TPSA) is 53.3 Å². The van der Waals surface area contributed by atoms with E-state index in [2.05, 4.69) is 4.99 Å². The largest absolute Gasteiger partial charge is 0.291 e. The predicted octanol–water partition coefficient (Wildman–Crippen LogP) is 5.18. The molecule has 1 aromatic carbocycles. The average Bonchev–Trinajstić information content (AvgIpc) is 2.58. The minimum absolute atomic E-state index is 0.00866. The first-order chi connectivity index (χ1) is 12.2. The molecule has 0 aromatic heterocycles. The molecule has 0 radical (unpaired) electrons. The van der Waals surface area contributed by atoms with E-state index in [1.54, 1.807) is 24.3 Å². The second-order valence-electron chi connectivity index (χ2n) is 7.36. The number of halogens is 3. The summed E-state index contributed by atoms with van der Waals surface area (Å²) < 4.78 is 41.8. The highest BCUT2D eigenvalue weighted by Gasteiger charge is 2.33. The number of ketones is 1. The van der Waals surface area contributed by atoms with Gasteiger partial charge in [-0.05, 0) is 50.5 Å². The smallest absolute Gasteiger partial charge is 0.283 e. The van der Waals surface area contributed by atoms with E-state index in [0.29, 0.717) is 19.1 Å². The first-order valence-electron chi connectivity index (χ1n) is 8.94. The van der Waals surface area contributed by atoms with Gasteiger partial charge in [0.1, 0.15) is 5.67 Å². The third-order valence-electron chi connectivity index (χ3n) is 4.74. The molecule has 1 aliphatic rings. The molecule has 0 spiro atoms. The van der Waals surface area contributed by atoms with Crippen molar-refractivity contribution in [3.05, 3.63) is 35.9 Å². The van der Waals surface area contributed by atoms with Crippen molar-refractivity contribution in [1.29, 1.82) is 5.41 Å². The van der Waals surface area contributed by atoms with Crippen LogP contribution in [0.15, 0.2) is 35.3 Å². The summed E-state index contributed by atoms with van der Waals surface area (Å²) in [4.78, 5) is 15.4. The average molecular weight is 366 g/mol. The zero-order chi connectivity index (χ0) is 19.2. The minimum atomic E-state index is -3.19. The molecule has 1 fully saturated rings. The number of hydrogen-bond acceptors (Lipinski definition) is 2. The minimum Gasteiger partial charge on any atom is -0.291 e. The second-order valence-corrected chi connectivity index (χ2v) is 7.36. The van der Waals surface area contributed by atoms with Crippen molar-refractivity contribution < 1.29 is 18.0 Å². The van der Waals surface area contributed by atoms with Crippen LogP contribution in [0.2, 0.25) is 0 Å². The molecule has 2 unspecified atom stereocenters. The van der Waals surface area contributed by atoms with Crippen LogP contribution >= 0.6 is 0 Å². The van der Waals surface area contributed by atoms with Crippen molar-refractivity contribution in [2.45, 2.75) is 63.5 Å². The van der Waals surface area contributed by atoms with Gasteiger partial charge in [-0.2, -0.15) is 0 Å². The number of amidine groups is 1. The normalized spacial score (nSPS) is 23.9.